The van der Waals surface area contributed by atoms with Crippen LogP contribution in [0.2, 0.25) is 5.02 Å². The van der Waals surface area contributed by atoms with Gasteiger partial charge in [0.1, 0.15) is 5.75 Å². The number of hydrogen-bond donors (Lipinski definition) is 2. The Labute approximate surface area is 160 Å². The fourth-order valence-electron chi connectivity index (χ4n) is 2.53. The Morgan fingerprint density at radius 1 is 1.20 bits per heavy atom. The zero-order chi connectivity index (χ0) is 17.4. The summed E-state index contributed by atoms with van der Waals surface area (Å²) in [5.41, 5.74) is 1.80. The third-order valence-electron chi connectivity index (χ3n) is 3.78. The summed E-state index contributed by atoms with van der Waals surface area (Å²) in [5, 5.41) is 6.77. The first-order valence-electron chi connectivity index (χ1n) is 7.98. The van der Waals surface area contributed by atoms with Crippen LogP contribution in [0.1, 0.15) is 30.0 Å². The molecule has 0 saturated carbocycles. The van der Waals surface area contributed by atoms with Gasteiger partial charge in [-0.3, -0.25) is 4.79 Å². The first-order valence-corrected chi connectivity index (χ1v) is 8.36. The number of hydrogen-bond acceptors (Lipinski definition) is 3. The van der Waals surface area contributed by atoms with Crippen molar-refractivity contribution >= 4 is 29.9 Å². The second-order valence-electron chi connectivity index (χ2n) is 5.51. The third-order valence-corrected chi connectivity index (χ3v) is 4.12. The summed E-state index contributed by atoms with van der Waals surface area (Å²) in [6.45, 7) is 0.809. The Morgan fingerprint density at radius 2 is 1.96 bits per heavy atom. The van der Waals surface area contributed by atoms with Crippen LogP contribution < -0.4 is 15.4 Å². The number of methoxy groups -OCH3 is 1. The number of ether oxygens (including phenoxy) is 1. The summed E-state index contributed by atoms with van der Waals surface area (Å²) in [5.74, 6) is 0.743. The number of halogens is 2. The van der Waals surface area contributed by atoms with Gasteiger partial charge in [-0.1, -0.05) is 41.9 Å². The van der Waals surface area contributed by atoms with Crippen molar-refractivity contribution in [2.45, 2.75) is 18.9 Å². The zero-order valence-corrected chi connectivity index (χ0v) is 16.0. The highest BCUT2D eigenvalue weighted by Crippen LogP contribution is 2.30. The van der Waals surface area contributed by atoms with Gasteiger partial charge in [0.25, 0.3) is 0 Å². The summed E-state index contributed by atoms with van der Waals surface area (Å²) in [6, 6.07) is 14.9. The van der Waals surface area contributed by atoms with E-state index in [1.54, 1.807) is 7.11 Å². The van der Waals surface area contributed by atoms with Gasteiger partial charge in [0.2, 0.25) is 5.91 Å². The van der Waals surface area contributed by atoms with E-state index in [-0.39, 0.29) is 24.4 Å². The van der Waals surface area contributed by atoms with E-state index in [4.69, 9.17) is 16.3 Å². The lowest BCUT2D eigenvalue weighted by atomic mass is 9.98. The van der Waals surface area contributed by atoms with Crippen molar-refractivity contribution in [3.63, 3.8) is 0 Å². The molecule has 4 nitrogen and oxygen atoms in total. The molecule has 25 heavy (non-hydrogen) atoms. The van der Waals surface area contributed by atoms with E-state index in [1.807, 2.05) is 55.6 Å². The molecule has 2 rings (SSSR count). The maximum Gasteiger partial charge on any atom is 0.220 e. The van der Waals surface area contributed by atoms with Crippen LogP contribution in [0.4, 0.5) is 0 Å². The van der Waals surface area contributed by atoms with Crippen molar-refractivity contribution in [2.24, 2.45) is 0 Å². The van der Waals surface area contributed by atoms with Crippen LogP contribution in [0.3, 0.4) is 0 Å². The highest BCUT2D eigenvalue weighted by Gasteiger charge is 2.19. The smallest absolute Gasteiger partial charge is 0.220 e. The molecule has 0 radical (unpaired) electrons. The summed E-state index contributed by atoms with van der Waals surface area (Å²) in [6.07, 6.45) is 1.25. The van der Waals surface area contributed by atoms with Gasteiger partial charge >= 0.3 is 0 Å². The van der Waals surface area contributed by atoms with Gasteiger partial charge in [-0.05, 0) is 49.3 Å². The van der Waals surface area contributed by atoms with Crippen molar-refractivity contribution in [2.75, 3.05) is 20.7 Å². The molecule has 0 aliphatic rings. The van der Waals surface area contributed by atoms with Crippen molar-refractivity contribution < 1.29 is 9.53 Å². The lowest BCUT2D eigenvalue weighted by Gasteiger charge is -2.21. The van der Waals surface area contributed by atoms with Gasteiger partial charge < -0.3 is 15.4 Å². The van der Waals surface area contributed by atoms with Crippen LogP contribution in [0.5, 0.6) is 5.75 Å². The molecule has 0 aliphatic carbocycles. The van der Waals surface area contributed by atoms with E-state index >= 15 is 0 Å². The molecule has 0 aliphatic heterocycles. The molecule has 136 valence electrons. The number of carbonyl (C=O) groups excluding carboxylic acids is 1. The number of amides is 1. The Morgan fingerprint density at radius 3 is 2.64 bits per heavy atom. The quantitative estimate of drug-likeness (QED) is 0.678. The Hall–Kier alpha value is -1.75. The minimum Gasteiger partial charge on any atom is -0.497 e. The predicted molar refractivity (Wildman–Crippen MR) is 105 cm³/mol. The third kappa shape index (κ3) is 6.24. The molecule has 0 bridgehead atoms. The van der Waals surface area contributed by atoms with Gasteiger partial charge in [-0.25, -0.2) is 0 Å². The topological polar surface area (TPSA) is 50.4 Å². The fraction of sp³-hybridized carbons (Fsp3) is 0.316. The van der Waals surface area contributed by atoms with Crippen molar-refractivity contribution in [3.8, 4) is 5.75 Å². The highest BCUT2D eigenvalue weighted by molar-refractivity contribution is 6.31. The standard InChI is InChI=1S/C19H23ClN2O2.ClH/c1-21-12-6-11-18(23)22-19(16-9-3-4-10-17(16)20)14-7-5-8-15(13-14)24-2;/h3-5,7-10,13,19,21H,6,11-12H2,1-2H3,(H,22,23);1H. The Balaban J connectivity index is 0.00000312. The van der Waals surface area contributed by atoms with E-state index in [0.717, 1.165) is 29.8 Å². The summed E-state index contributed by atoms with van der Waals surface area (Å²) >= 11 is 6.36. The Bertz CT molecular complexity index is 680. The van der Waals surface area contributed by atoms with Crippen LogP contribution in [-0.4, -0.2) is 26.6 Å². The van der Waals surface area contributed by atoms with Crippen LogP contribution in [0.15, 0.2) is 48.5 Å². The monoisotopic (exact) mass is 382 g/mol. The molecule has 0 heterocycles. The van der Waals surface area contributed by atoms with Gasteiger partial charge in [-0.2, -0.15) is 0 Å². The van der Waals surface area contributed by atoms with Crippen LogP contribution in [0, 0.1) is 0 Å². The van der Waals surface area contributed by atoms with Crippen LogP contribution >= 0.6 is 24.0 Å². The van der Waals surface area contributed by atoms with Crippen molar-refractivity contribution in [1.82, 2.24) is 10.6 Å². The average molecular weight is 383 g/mol. The second kappa shape index (κ2) is 11.0. The molecule has 0 aromatic heterocycles. The largest absolute Gasteiger partial charge is 0.497 e. The van der Waals surface area contributed by atoms with Gasteiger partial charge in [0.15, 0.2) is 0 Å². The second-order valence-corrected chi connectivity index (χ2v) is 5.91. The summed E-state index contributed by atoms with van der Waals surface area (Å²) in [7, 11) is 3.50. The van der Waals surface area contributed by atoms with E-state index < -0.39 is 0 Å². The van der Waals surface area contributed by atoms with Gasteiger partial charge in [0, 0.05) is 11.4 Å². The zero-order valence-electron chi connectivity index (χ0n) is 14.4. The van der Waals surface area contributed by atoms with E-state index in [2.05, 4.69) is 10.6 Å². The van der Waals surface area contributed by atoms with Crippen molar-refractivity contribution in [1.29, 1.82) is 0 Å². The first kappa shape index (κ1) is 21.3. The number of nitrogens with one attached hydrogen (secondary N) is 2. The number of carbonyl (C=O) groups is 1. The summed E-state index contributed by atoms with van der Waals surface area (Å²) in [4.78, 5) is 12.3. The molecule has 6 heteroatoms. The molecule has 2 aromatic carbocycles. The molecule has 0 fully saturated rings. The molecule has 0 spiro atoms. The SMILES string of the molecule is CNCCCC(=O)NC(c1cccc(OC)c1)c1ccccc1Cl.Cl. The minimum atomic E-state index is -0.309. The fourth-order valence-corrected chi connectivity index (χ4v) is 2.77. The Kier molecular flexibility index (Phi) is 9.35. The molecule has 1 unspecified atom stereocenters. The molecular formula is C19H24Cl2N2O2. The van der Waals surface area contributed by atoms with Gasteiger partial charge in [-0.15, -0.1) is 12.4 Å². The lowest BCUT2D eigenvalue weighted by molar-refractivity contribution is -0.121. The van der Waals surface area contributed by atoms with Gasteiger partial charge in [0.05, 0.1) is 13.2 Å². The normalized spacial score (nSPS) is 11.3. The molecular weight excluding hydrogens is 359 g/mol. The van der Waals surface area contributed by atoms with E-state index in [0.29, 0.717) is 11.4 Å². The highest BCUT2D eigenvalue weighted by atomic mass is 35.5. The number of benzene rings is 2. The van der Waals surface area contributed by atoms with E-state index in [9.17, 15) is 4.79 Å². The first-order chi connectivity index (χ1) is 11.7. The molecule has 1 atom stereocenters. The summed E-state index contributed by atoms with van der Waals surface area (Å²) < 4.78 is 5.30. The molecule has 2 aromatic rings. The maximum absolute atomic E-state index is 12.3. The minimum absolute atomic E-state index is 0. The predicted octanol–water partition coefficient (Wildman–Crippen LogP) is 3.98. The molecule has 0 saturated heterocycles. The average Bonchev–Trinajstić information content (AvgIpc) is 2.61. The maximum atomic E-state index is 12.3. The molecule has 2 N–H and O–H groups in total. The number of rotatable bonds is 8. The van der Waals surface area contributed by atoms with Crippen molar-refractivity contribution in [3.05, 3.63) is 64.7 Å². The molecule has 1 amide bonds. The lowest BCUT2D eigenvalue weighted by Crippen LogP contribution is -2.30. The van der Waals surface area contributed by atoms with Crippen LogP contribution in [-0.2, 0) is 4.79 Å². The van der Waals surface area contributed by atoms with E-state index in [1.165, 1.54) is 0 Å². The van der Waals surface area contributed by atoms with Crippen LogP contribution in [0.25, 0.3) is 0 Å².